The van der Waals surface area contributed by atoms with Gasteiger partial charge in [0.15, 0.2) is 0 Å². The number of carboxylic acid groups (broad SMARTS) is 1. The van der Waals surface area contributed by atoms with E-state index in [4.69, 9.17) is 5.11 Å². The summed E-state index contributed by atoms with van der Waals surface area (Å²) >= 11 is 0. The van der Waals surface area contributed by atoms with Gasteiger partial charge in [-0.15, -0.1) is 0 Å². The van der Waals surface area contributed by atoms with Crippen LogP contribution in [0.5, 0.6) is 0 Å². The molecule has 0 aromatic rings. The molecule has 16 heavy (non-hydrogen) atoms. The smallest absolute Gasteiger partial charge is 0.306 e. The molecular formula is C14H26O2. The van der Waals surface area contributed by atoms with E-state index in [0.29, 0.717) is 11.3 Å². The second-order valence-electron chi connectivity index (χ2n) is 5.88. The SMILES string of the molecule is CCCCC1(C)CCC([C@H](C)C(=O)O)CC1. The topological polar surface area (TPSA) is 37.3 Å². The van der Waals surface area contributed by atoms with Gasteiger partial charge in [0, 0.05) is 0 Å². The predicted octanol–water partition coefficient (Wildman–Crippen LogP) is 4.09. The van der Waals surface area contributed by atoms with Crippen molar-refractivity contribution >= 4 is 5.97 Å². The Morgan fingerprint density at radius 1 is 1.44 bits per heavy atom. The highest BCUT2D eigenvalue weighted by Crippen LogP contribution is 2.44. The minimum atomic E-state index is -0.623. The first-order valence-corrected chi connectivity index (χ1v) is 6.71. The molecule has 0 unspecified atom stereocenters. The Bertz CT molecular complexity index is 227. The van der Waals surface area contributed by atoms with Gasteiger partial charge in [-0.05, 0) is 43.4 Å². The van der Waals surface area contributed by atoms with Crippen molar-refractivity contribution in [2.75, 3.05) is 0 Å². The summed E-state index contributed by atoms with van der Waals surface area (Å²) in [6, 6.07) is 0. The second-order valence-corrected chi connectivity index (χ2v) is 5.88. The van der Waals surface area contributed by atoms with Crippen molar-refractivity contribution in [3.05, 3.63) is 0 Å². The minimum absolute atomic E-state index is 0.157. The molecule has 0 amide bonds. The summed E-state index contributed by atoms with van der Waals surface area (Å²) in [6.45, 7) is 6.48. The molecule has 2 heteroatoms. The van der Waals surface area contributed by atoms with Crippen molar-refractivity contribution in [1.82, 2.24) is 0 Å². The third-order valence-electron chi connectivity index (χ3n) is 4.47. The van der Waals surface area contributed by atoms with Crippen molar-refractivity contribution in [3.8, 4) is 0 Å². The highest BCUT2D eigenvalue weighted by Gasteiger charge is 2.34. The minimum Gasteiger partial charge on any atom is -0.481 e. The van der Waals surface area contributed by atoms with Crippen molar-refractivity contribution in [1.29, 1.82) is 0 Å². The molecule has 2 nitrogen and oxygen atoms in total. The lowest BCUT2D eigenvalue weighted by molar-refractivity contribution is -0.143. The summed E-state index contributed by atoms with van der Waals surface area (Å²) in [6.07, 6.45) is 8.55. The monoisotopic (exact) mass is 226 g/mol. The van der Waals surface area contributed by atoms with Gasteiger partial charge in [0.25, 0.3) is 0 Å². The molecule has 1 aliphatic rings. The van der Waals surface area contributed by atoms with Crippen LogP contribution < -0.4 is 0 Å². The van der Waals surface area contributed by atoms with Crippen molar-refractivity contribution in [2.45, 2.75) is 65.7 Å². The normalized spacial score (nSPS) is 32.3. The van der Waals surface area contributed by atoms with Gasteiger partial charge in [-0.2, -0.15) is 0 Å². The van der Waals surface area contributed by atoms with Crippen LogP contribution in [0.4, 0.5) is 0 Å². The van der Waals surface area contributed by atoms with E-state index in [1.54, 1.807) is 0 Å². The molecule has 0 aliphatic heterocycles. The van der Waals surface area contributed by atoms with Crippen LogP contribution in [0.2, 0.25) is 0 Å². The second kappa shape index (κ2) is 5.70. The third kappa shape index (κ3) is 3.50. The molecule has 1 N–H and O–H groups in total. The molecule has 0 heterocycles. The Hall–Kier alpha value is -0.530. The van der Waals surface area contributed by atoms with Crippen LogP contribution in [0, 0.1) is 17.3 Å². The van der Waals surface area contributed by atoms with Crippen LogP contribution in [0.15, 0.2) is 0 Å². The standard InChI is InChI=1S/C14H26O2/c1-4-5-8-14(3)9-6-12(7-10-14)11(2)13(15)16/h11-12H,4-10H2,1-3H3,(H,15,16)/t11-,12?,14?/m0/s1. The Labute approximate surface area is 99.4 Å². The number of hydrogen-bond donors (Lipinski definition) is 1. The van der Waals surface area contributed by atoms with Gasteiger partial charge in [-0.1, -0.05) is 33.6 Å². The fraction of sp³-hybridized carbons (Fsp3) is 0.929. The number of carbonyl (C=O) groups is 1. The maximum atomic E-state index is 10.9. The van der Waals surface area contributed by atoms with Gasteiger partial charge in [0.1, 0.15) is 0 Å². The van der Waals surface area contributed by atoms with Gasteiger partial charge in [0.05, 0.1) is 5.92 Å². The molecule has 1 saturated carbocycles. The van der Waals surface area contributed by atoms with Crippen molar-refractivity contribution in [3.63, 3.8) is 0 Å². The molecular weight excluding hydrogens is 200 g/mol. The van der Waals surface area contributed by atoms with Crippen LogP contribution in [-0.2, 0) is 4.79 Å². The lowest BCUT2D eigenvalue weighted by Crippen LogP contribution is -2.30. The quantitative estimate of drug-likeness (QED) is 0.766. The molecule has 0 saturated heterocycles. The average Bonchev–Trinajstić information content (AvgIpc) is 2.26. The highest BCUT2D eigenvalue weighted by molar-refractivity contribution is 5.69. The van der Waals surface area contributed by atoms with Gasteiger partial charge in [-0.25, -0.2) is 0 Å². The molecule has 0 radical (unpaired) electrons. The van der Waals surface area contributed by atoms with Crippen LogP contribution in [0.25, 0.3) is 0 Å². The summed E-state index contributed by atoms with van der Waals surface area (Å²) in [5.41, 5.74) is 0.491. The molecule has 1 fully saturated rings. The first-order chi connectivity index (χ1) is 7.48. The van der Waals surface area contributed by atoms with E-state index in [1.807, 2.05) is 6.92 Å². The lowest BCUT2D eigenvalue weighted by Gasteiger charge is -2.38. The first-order valence-electron chi connectivity index (χ1n) is 6.71. The third-order valence-corrected chi connectivity index (χ3v) is 4.47. The summed E-state index contributed by atoms with van der Waals surface area (Å²) in [7, 11) is 0. The fourth-order valence-electron chi connectivity index (χ4n) is 2.89. The van der Waals surface area contributed by atoms with Gasteiger partial charge in [-0.3, -0.25) is 4.79 Å². The maximum Gasteiger partial charge on any atom is 0.306 e. The van der Waals surface area contributed by atoms with E-state index in [9.17, 15) is 4.79 Å². The largest absolute Gasteiger partial charge is 0.481 e. The summed E-state index contributed by atoms with van der Waals surface area (Å²) in [5.74, 6) is -0.370. The van der Waals surface area contributed by atoms with Gasteiger partial charge in [0.2, 0.25) is 0 Å². The molecule has 1 atom stereocenters. The van der Waals surface area contributed by atoms with E-state index in [-0.39, 0.29) is 5.92 Å². The average molecular weight is 226 g/mol. The van der Waals surface area contributed by atoms with Gasteiger partial charge < -0.3 is 5.11 Å². The Morgan fingerprint density at radius 2 is 2.00 bits per heavy atom. The molecule has 0 aromatic heterocycles. The Morgan fingerprint density at radius 3 is 2.44 bits per heavy atom. The lowest BCUT2D eigenvalue weighted by atomic mass is 9.67. The molecule has 0 aromatic carbocycles. The summed E-state index contributed by atoms with van der Waals surface area (Å²) < 4.78 is 0. The van der Waals surface area contributed by atoms with Crippen LogP contribution in [0.3, 0.4) is 0 Å². The van der Waals surface area contributed by atoms with E-state index in [2.05, 4.69) is 13.8 Å². The van der Waals surface area contributed by atoms with Gasteiger partial charge >= 0.3 is 5.97 Å². The zero-order valence-electron chi connectivity index (χ0n) is 11.0. The molecule has 0 bridgehead atoms. The Balaban J connectivity index is 2.41. The summed E-state index contributed by atoms with van der Waals surface area (Å²) in [4.78, 5) is 10.9. The van der Waals surface area contributed by atoms with Crippen LogP contribution >= 0.6 is 0 Å². The van der Waals surface area contributed by atoms with Crippen molar-refractivity contribution in [2.24, 2.45) is 17.3 Å². The fourth-order valence-corrected chi connectivity index (χ4v) is 2.89. The van der Waals surface area contributed by atoms with Crippen LogP contribution in [0.1, 0.15) is 65.7 Å². The van der Waals surface area contributed by atoms with Crippen molar-refractivity contribution < 1.29 is 9.90 Å². The summed E-state index contributed by atoms with van der Waals surface area (Å²) in [5, 5.41) is 9.01. The maximum absolute atomic E-state index is 10.9. The number of hydrogen-bond acceptors (Lipinski definition) is 1. The zero-order valence-corrected chi connectivity index (χ0v) is 11.0. The van der Waals surface area contributed by atoms with E-state index in [1.165, 1.54) is 32.1 Å². The van der Waals surface area contributed by atoms with E-state index < -0.39 is 5.97 Å². The highest BCUT2D eigenvalue weighted by atomic mass is 16.4. The predicted molar refractivity (Wildman–Crippen MR) is 66.4 cm³/mol. The number of unbranched alkanes of at least 4 members (excludes halogenated alkanes) is 1. The first kappa shape index (κ1) is 13.5. The van der Waals surface area contributed by atoms with E-state index >= 15 is 0 Å². The number of rotatable bonds is 5. The number of aliphatic carboxylic acids is 1. The Kier molecular flexibility index (Phi) is 4.82. The molecule has 1 rings (SSSR count). The molecule has 94 valence electrons. The molecule has 0 spiro atoms. The molecule has 1 aliphatic carbocycles. The van der Waals surface area contributed by atoms with E-state index in [0.717, 1.165) is 12.8 Å². The van der Waals surface area contributed by atoms with Crippen LogP contribution in [-0.4, -0.2) is 11.1 Å². The zero-order chi connectivity index (χ0) is 12.2. The number of carboxylic acids is 1.